The molecule has 23 heavy (non-hydrogen) atoms. The molecule has 6 nitrogen and oxygen atoms in total. The first kappa shape index (κ1) is 16.2. The second-order valence-electron chi connectivity index (χ2n) is 6.02. The van der Waals surface area contributed by atoms with Gasteiger partial charge in [0.25, 0.3) is 0 Å². The number of likely N-dealkylation sites (tertiary alicyclic amines) is 1. The highest BCUT2D eigenvalue weighted by molar-refractivity contribution is 6.34. The second kappa shape index (κ2) is 6.84. The van der Waals surface area contributed by atoms with Crippen LogP contribution < -0.4 is 15.2 Å². The van der Waals surface area contributed by atoms with Crippen molar-refractivity contribution in [2.24, 2.45) is 5.92 Å². The average Bonchev–Trinajstić information content (AvgIpc) is 2.57. The molecule has 0 bridgehead atoms. The van der Waals surface area contributed by atoms with E-state index in [0.29, 0.717) is 37.2 Å². The van der Waals surface area contributed by atoms with Gasteiger partial charge in [0.15, 0.2) is 11.5 Å². The van der Waals surface area contributed by atoms with Gasteiger partial charge in [0.2, 0.25) is 0 Å². The Morgan fingerprint density at radius 1 is 1.35 bits per heavy atom. The van der Waals surface area contributed by atoms with E-state index in [4.69, 9.17) is 31.5 Å². The smallest absolute Gasteiger partial charge is 0.342 e. The number of halogens is 1. The Kier molecular flexibility index (Phi) is 4.82. The van der Waals surface area contributed by atoms with E-state index in [-0.39, 0.29) is 16.3 Å². The number of fused-ring (bicyclic) bond motifs is 1. The maximum atomic E-state index is 12.4. The Morgan fingerprint density at radius 2 is 2.00 bits per heavy atom. The molecule has 0 radical (unpaired) electrons. The largest absolute Gasteiger partial charge is 0.485 e. The molecule has 0 unspecified atom stereocenters. The van der Waals surface area contributed by atoms with Crippen LogP contribution in [0.2, 0.25) is 5.02 Å². The standard InChI is InChI=1S/C16H21ClN2O4/c1-19-4-2-10(3-5-19)9-23-16(20)11-8-12(17)13(18)15-14(11)21-6-7-22-15/h8,10H,2-7,9,18H2,1H3. The van der Waals surface area contributed by atoms with Crippen molar-refractivity contribution in [3.8, 4) is 11.5 Å². The SMILES string of the molecule is CN1CCC(COC(=O)c2cc(Cl)c(N)c3c2OCCO3)CC1. The van der Waals surface area contributed by atoms with Gasteiger partial charge < -0.3 is 24.8 Å². The van der Waals surface area contributed by atoms with Crippen molar-refractivity contribution in [1.82, 2.24) is 4.90 Å². The van der Waals surface area contributed by atoms with Crippen molar-refractivity contribution in [3.63, 3.8) is 0 Å². The van der Waals surface area contributed by atoms with Gasteiger partial charge >= 0.3 is 5.97 Å². The third-order valence-corrected chi connectivity index (χ3v) is 4.62. The highest BCUT2D eigenvalue weighted by Crippen LogP contribution is 2.43. The highest BCUT2D eigenvalue weighted by Gasteiger charge is 2.27. The summed E-state index contributed by atoms with van der Waals surface area (Å²) in [6.07, 6.45) is 2.06. The first-order valence-electron chi connectivity index (χ1n) is 7.79. The molecular weight excluding hydrogens is 320 g/mol. The minimum Gasteiger partial charge on any atom is -0.485 e. The molecule has 2 aliphatic heterocycles. The molecule has 0 atom stereocenters. The van der Waals surface area contributed by atoms with Gasteiger partial charge in [-0.3, -0.25) is 0 Å². The van der Waals surface area contributed by atoms with E-state index in [9.17, 15) is 4.79 Å². The third kappa shape index (κ3) is 3.48. The van der Waals surface area contributed by atoms with E-state index < -0.39 is 5.97 Å². The van der Waals surface area contributed by atoms with E-state index in [1.165, 1.54) is 6.07 Å². The summed E-state index contributed by atoms with van der Waals surface area (Å²) in [5.74, 6) is 0.599. The van der Waals surface area contributed by atoms with Crippen molar-refractivity contribution in [2.45, 2.75) is 12.8 Å². The average molecular weight is 341 g/mol. The number of nitrogens with two attached hydrogens (primary N) is 1. The van der Waals surface area contributed by atoms with Crippen molar-refractivity contribution in [3.05, 3.63) is 16.7 Å². The number of carbonyl (C=O) groups excluding carboxylic acids is 1. The topological polar surface area (TPSA) is 74.0 Å². The molecule has 2 heterocycles. The summed E-state index contributed by atoms with van der Waals surface area (Å²) in [4.78, 5) is 14.7. The van der Waals surface area contributed by atoms with Gasteiger partial charge in [0.05, 0.1) is 17.3 Å². The first-order valence-corrected chi connectivity index (χ1v) is 8.17. The summed E-state index contributed by atoms with van der Waals surface area (Å²) in [6.45, 7) is 3.21. The lowest BCUT2D eigenvalue weighted by Gasteiger charge is -2.28. The fourth-order valence-electron chi connectivity index (χ4n) is 2.85. The summed E-state index contributed by atoms with van der Waals surface area (Å²) >= 11 is 6.09. The maximum Gasteiger partial charge on any atom is 0.342 e. The predicted octanol–water partition coefficient (Wildman–Crippen LogP) is 2.19. The molecule has 1 aromatic carbocycles. The number of anilines is 1. The van der Waals surface area contributed by atoms with Gasteiger partial charge in [-0.15, -0.1) is 0 Å². The van der Waals surface area contributed by atoms with Crippen LogP contribution in [0.1, 0.15) is 23.2 Å². The van der Waals surface area contributed by atoms with Crippen LogP contribution in [-0.4, -0.2) is 50.8 Å². The van der Waals surface area contributed by atoms with E-state index in [2.05, 4.69) is 11.9 Å². The summed E-state index contributed by atoms with van der Waals surface area (Å²) in [6, 6.07) is 1.49. The lowest BCUT2D eigenvalue weighted by molar-refractivity contribution is 0.0375. The van der Waals surface area contributed by atoms with Crippen molar-refractivity contribution in [2.75, 3.05) is 45.7 Å². The number of nitrogens with zero attached hydrogens (tertiary/aromatic N) is 1. The van der Waals surface area contributed by atoms with Gasteiger partial charge in [0, 0.05) is 0 Å². The lowest BCUT2D eigenvalue weighted by Crippen LogP contribution is -2.32. The Hall–Kier alpha value is -1.66. The monoisotopic (exact) mass is 340 g/mol. The van der Waals surface area contributed by atoms with Crippen LogP contribution in [0.15, 0.2) is 6.07 Å². The van der Waals surface area contributed by atoms with E-state index in [1.54, 1.807) is 0 Å². The number of hydrogen-bond donors (Lipinski definition) is 1. The Bertz CT molecular complexity index is 600. The van der Waals surface area contributed by atoms with Gasteiger partial charge in [-0.1, -0.05) is 11.6 Å². The normalized spacial score (nSPS) is 18.7. The van der Waals surface area contributed by atoms with Gasteiger partial charge in [0.1, 0.15) is 18.8 Å². The Morgan fingerprint density at radius 3 is 2.70 bits per heavy atom. The first-order chi connectivity index (χ1) is 11.1. The lowest BCUT2D eigenvalue weighted by atomic mass is 9.98. The van der Waals surface area contributed by atoms with Crippen LogP contribution in [0.4, 0.5) is 5.69 Å². The Balaban J connectivity index is 1.71. The summed E-state index contributed by atoms with van der Waals surface area (Å²) in [7, 11) is 2.10. The molecular formula is C16H21ClN2O4. The molecule has 3 rings (SSSR count). The van der Waals surface area contributed by atoms with E-state index >= 15 is 0 Å². The van der Waals surface area contributed by atoms with Gasteiger partial charge in [-0.25, -0.2) is 4.79 Å². The molecule has 1 fully saturated rings. The zero-order valence-electron chi connectivity index (χ0n) is 13.1. The molecule has 0 aromatic heterocycles. The maximum absolute atomic E-state index is 12.4. The molecule has 2 aliphatic rings. The fourth-order valence-corrected chi connectivity index (χ4v) is 3.04. The number of ether oxygens (including phenoxy) is 3. The molecule has 1 aromatic rings. The van der Waals surface area contributed by atoms with Gasteiger partial charge in [-0.2, -0.15) is 0 Å². The summed E-state index contributed by atoms with van der Waals surface area (Å²) < 4.78 is 16.5. The minimum atomic E-state index is -0.451. The van der Waals surface area contributed by atoms with E-state index in [0.717, 1.165) is 25.9 Å². The number of hydrogen-bond acceptors (Lipinski definition) is 6. The Labute approximate surface area is 140 Å². The van der Waals surface area contributed by atoms with Crippen LogP contribution in [0.3, 0.4) is 0 Å². The number of esters is 1. The van der Waals surface area contributed by atoms with Crippen molar-refractivity contribution in [1.29, 1.82) is 0 Å². The minimum absolute atomic E-state index is 0.264. The highest BCUT2D eigenvalue weighted by atomic mass is 35.5. The van der Waals surface area contributed by atoms with Crippen molar-refractivity contribution < 1.29 is 19.0 Å². The number of carbonyl (C=O) groups is 1. The molecule has 1 saturated heterocycles. The fraction of sp³-hybridized carbons (Fsp3) is 0.562. The number of benzene rings is 1. The quantitative estimate of drug-likeness (QED) is 0.671. The molecule has 0 spiro atoms. The number of piperidine rings is 1. The molecule has 7 heteroatoms. The molecule has 0 saturated carbocycles. The zero-order chi connectivity index (χ0) is 16.4. The summed E-state index contributed by atoms with van der Waals surface area (Å²) in [5, 5.41) is 0.264. The molecule has 0 amide bonds. The van der Waals surface area contributed by atoms with Gasteiger partial charge in [-0.05, 0) is 45.0 Å². The zero-order valence-corrected chi connectivity index (χ0v) is 13.9. The number of rotatable bonds is 3. The number of nitrogen functional groups attached to an aromatic ring is 1. The molecule has 126 valence electrons. The molecule has 0 aliphatic carbocycles. The summed E-state index contributed by atoms with van der Waals surface area (Å²) in [5.41, 5.74) is 6.44. The predicted molar refractivity (Wildman–Crippen MR) is 87.4 cm³/mol. The van der Waals surface area contributed by atoms with Crippen LogP contribution >= 0.6 is 11.6 Å². The molecule has 2 N–H and O–H groups in total. The van der Waals surface area contributed by atoms with Crippen LogP contribution in [0, 0.1) is 5.92 Å². The van der Waals surface area contributed by atoms with Crippen molar-refractivity contribution >= 4 is 23.3 Å². The van der Waals surface area contributed by atoms with Crippen LogP contribution in [0.25, 0.3) is 0 Å². The van der Waals surface area contributed by atoms with E-state index in [1.807, 2.05) is 0 Å². The third-order valence-electron chi connectivity index (χ3n) is 4.31. The van der Waals surface area contributed by atoms with Crippen LogP contribution in [0.5, 0.6) is 11.5 Å². The van der Waals surface area contributed by atoms with Crippen LogP contribution in [-0.2, 0) is 4.74 Å². The second-order valence-corrected chi connectivity index (χ2v) is 6.43.